The summed E-state index contributed by atoms with van der Waals surface area (Å²) < 4.78 is 2.43. The molecule has 3 aromatic rings. The number of carbonyl (C=O) groups excluding carboxylic acids is 2. The molecule has 1 atom stereocenters. The number of carbonyl (C=O) groups is 2. The van der Waals surface area contributed by atoms with Gasteiger partial charge in [0.05, 0.1) is 5.57 Å². The Morgan fingerprint density at radius 2 is 1.84 bits per heavy atom. The van der Waals surface area contributed by atoms with Crippen LogP contribution in [0.2, 0.25) is 0 Å². The molecule has 0 spiro atoms. The van der Waals surface area contributed by atoms with Gasteiger partial charge < -0.3 is 10.6 Å². The lowest BCUT2D eigenvalue weighted by Crippen LogP contribution is -2.38. The molecule has 1 amide bonds. The number of ketones is 1. The number of nitrogens with one attached hydrogen (secondary N) is 2. The Morgan fingerprint density at radius 1 is 1.13 bits per heavy atom. The van der Waals surface area contributed by atoms with E-state index in [1.54, 1.807) is 24.3 Å². The number of aromatic nitrogens is 4. The van der Waals surface area contributed by atoms with Gasteiger partial charge in [-0.15, -0.1) is 0 Å². The number of nitrogens with zero attached hydrogens (tertiary/aromatic N) is 4. The number of allylic oxidation sites excluding steroid dienone is 1. The minimum absolute atomic E-state index is 0.157. The van der Waals surface area contributed by atoms with Crippen molar-refractivity contribution in [3.05, 3.63) is 81.5 Å². The summed E-state index contributed by atoms with van der Waals surface area (Å²) in [6.07, 6.45) is 0. The lowest BCUT2D eigenvalue weighted by molar-refractivity contribution is -0.117. The Kier molecular flexibility index (Phi) is 5.94. The normalized spacial score (nSPS) is 15.4. The first-order valence-electron chi connectivity index (χ1n) is 9.88. The molecule has 31 heavy (non-hydrogen) atoms. The van der Waals surface area contributed by atoms with E-state index < -0.39 is 6.04 Å². The largest absolute Gasteiger partial charge is 0.351 e. The number of benzene rings is 2. The lowest BCUT2D eigenvalue weighted by Gasteiger charge is -2.28. The van der Waals surface area contributed by atoms with E-state index >= 15 is 0 Å². The number of hydrogen-bond acceptors (Lipinski definition) is 6. The van der Waals surface area contributed by atoms with Crippen LogP contribution in [0, 0.1) is 5.92 Å². The van der Waals surface area contributed by atoms with Gasteiger partial charge in [0.15, 0.2) is 5.78 Å². The standard InChI is InChI=1S/C22H21BrN6O2/c1-13(2)12-24-21(31)18-17(20(30)15-6-4-3-5-7-15)19(14-8-10-16(23)11-9-14)29-22(25-18)26-27-28-29/h3-11,13,19H,12H2,1-2H3,(H,24,31)(H,25,26,28)/t19-/m0/s1. The fourth-order valence-corrected chi connectivity index (χ4v) is 3.65. The summed E-state index contributed by atoms with van der Waals surface area (Å²) in [5.74, 6) is -0.0811. The van der Waals surface area contributed by atoms with Crippen LogP contribution in [-0.2, 0) is 4.79 Å². The molecule has 2 N–H and O–H groups in total. The van der Waals surface area contributed by atoms with Crippen molar-refractivity contribution in [2.45, 2.75) is 19.9 Å². The van der Waals surface area contributed by atoms with Crippen molar-refractivity contribution < 1.29 is 9.59 Å². The second kappa shape index (κ2) is 8.81. The average molecular weight is 481 g/mol. The summed E-state index contributed by atoms with van der Waals surface area (Å²) in [5.41, 5.74) is 1.71. The molecule has 1 aromatic heterocycles. The third-order valence-corrected chi connectivity index (χ3v) is 5.41. The summed E-state index contributed by atoms with van der Waals surface area (Å²) in [4.78, 5) is 26.8. The van der Waals surface area contributed by atoms with Crippen LogP contribution in [0.1, 0.15) is 35.8 Å². The maximum Gasteiger partial charge on any atom is 0.268 e. The molecule has 4 rings (SSSR count). The maximum atomic E-state index is 13.7. The van der Waals surface area contributed by atoms with Gasteiger partial charge in [0.25, 0.3) is 5.91 Å². The molecule has 2 heterocycles. The van der Waals surface area contributed by atoms with Crippen LogP contribution in [-0.4, -0.2) is 38.4 Å². The van der Waals surface area contributed by atoms with Crippen LogP contribution in [0.25, 0.3) is 0 Å². The number of Topliss-reactive ketones (excluding diaryl/α,β-unsaturated/α-hetero) is 1. The zero-order valence-corrected chi connectivity index (χ0v) is 18.6. The van der Waals surface area contributed by atoms with Crippen LogP contribution in [0.5, 0.6) is 0 Å². The Balaban J connectivity index is 1.89. The third kappa shape index (κ3) is 4.27. The molecular formula is C22H21BrN6O2. The molecule has 158 valence electrons. The van der Waals surface area contributed by atoms with E-state index in [1.807, 2.05) is 44.2 Å². The first-order valence-corrected chi connectivity index (χ1v) is 10.7. The molecule has 0 fully saturated rings. The molecule has 1 aliphatic heterocycles. The van der Waals surface area contributed by atoms with E-state index in [9.17, 15) is 9.59 Å². The van der Waals surface area contributed by atoms with Gasteiger partial charge in [0.2, 0.25) is 5.95 Å². The number of amides is 1. The van der Waals surface area contributed by atoms with E-state index in [-0.39, 0.29) is 28.9 Å². The molecule has 2 aromatic carbocycles. The monoisotopic (exact) mass is 480 g/mol. The van der Waals surface area contributed by atoms with Gasteiger partial charge in [0.1, 0.15) is 11.7 Å². The minimum Gasteiger partial charge on any atom is -0.351 e. The zero-order valence-electron chi connectivity index (χ0n) is 17.0. The fraction of sp³-hybridized carbons (Fsp3) is 0.227. The van der Waals surface area contributed by atoms with E-state index in [0.717, 1.165) is 10.0 Å². The lowest BCUT2D eigenvalue weighted by atomic mass is 9.89. The first-order chi connectivity index (χ1) is 15.0. The molecular weight excluding hydrogens is 460 g/mol. The molecule has 0 unspecified atom stereocenters. The SMILES string of the molecule is CC(C)CNC(=O)C1=C(C(=O)c2ccccc2)[C@H](c2ccc(Br)cc2)n2nnnc2N1. The number of hydrogen-bond donors (Lipinski definition) is 2. The van der Waals surface area contributed by atoms with Crippen molar-refractivity contribution in [3.63, 3.8) is 0 Å². The maximum absolute atomic E-state index is 13.7. The summed E-state index contributed by atoms with van der Waals surface area (Å²) in [5, 5.41) is 17.7. The van der Waals surface area contributed by atoms with E-state index in [4.69, 9.17) is 0 Å². The van der Waals surface area contributed by atoms with Gasteiger partial charge in [0, 0.05) is 16.6 Å². The Hall–Kier alpha value is -3.33. The van der Waals surface area contributed by atoms with Crippen LogP contribution in [0.4, 0.5) is 5.95 Å². The van der Waals surface area contributed by atoms with Crippen molar-refractivity contribution in [3.8, 4) is 0 Å². The molecule has 0 radical (unpaired) electrons. The summed E-state index contributed by atoms with van der Waals surface area (Å²) >= 11 is 3.44. The van der Waals surface area contributed by atoms with Crippen LogP contribution >= 0.6 is 15.9 Å². The van der Waals surface area contributed by atoms with Gasteiger partial charge in [-0.1, -0.05) is 77.3 Å². The predicted molar refractivity (Wildman–Crippen MR) is 119 cm³/mol. The molecule has 1 aliphatic rings. The average Bonchev–Trinajstić information content (AvgIpc) is 3.25. The first kappa shape index (κ1) is 20.9. The Bertz CT molecular complexity index is 1140. The number of anilines is 1. The third-order valence-electron chi connectivity index (χ3n) is 4.88. The molecule has 8 nitrogen and oxygen atoms in total. The Morgan fingerprint density at radius 3 is 2.52 bits per heavy atom. The van der Waals surface area contributed by atoms with Crippen molar-refractivity contribution >= 4 is 33.6 Å². The quantitative estimate of drug-likeness (QED) is 0.524. The van der Waals surface area contributed by atoms with Crippen molar-refractivity contribution in [2.24, 2.45) is 5.92 Å². The van der Waals surface area contributed by atoms with E-state index in [1.165, 1.54) is 4.68 Å². The van der Waals surface area contributed by atoms with Crippen LogP contribution in [0.3, 0.4) is 0 Å². The topological polar surface area (TPSA) is 102 Å². The second-order valence-electron chi connectivity index (χ2n) is 7.61. The molecule has 9 heteroatoms. The smallest absolute Gasteiger partial charge is 0.268 e. The highest BCUT2D eigenvalue weighted by Gasteiger charge is 2.38. The number of fused-ring (bicyclic) bond motifs is 1. The molecule has 0 bridgehead atoms. The van der Waals surface area contributed by atoms with Gasteiger partial charge in [-0.25, -0.2) is 0 Å². The molecule has 0 saturated heterocycles. The van der Waals surface area contributed by atoms with Crippen molar-refractivity contribution in [1.82, 2.24) is 25.5 Å². The number of tetrazole rings is 1. The second-order valence-corrected chi connectivity index (χ2v) is 8.53. The Labute approximate surface area is 187 Å². The highest BCUT2D eigenvalue weighted by atomic mass is 79.9. The van der Waals surface area contributed by atoms with Gasteiger partial charge >= 0.3 is 0 Å². The van der Waals surface area contributed by atoms with Gasteiger partial charge in [-0.3, -0.25) is 9.59 Å². The zero-order chi connectivity index (χ0) is 22.0. The van der Waals surface area contributed by atoms with Crippen molar-refractivity contribution in [2.75, 3.05) is 11.9 Å². The van der Waals surface area contributed by atoms with E-state index in [2.05, 4.69) is 42.1 Å². The summed E-state index contributed by atoms with van der Waals surface area (Å²) in [7, 11) is 0. The highest BCUT2D eigenvalue weighted by Crippen LogP contribution is 2.36. The fourth-order valence-electron chi connectivity index (χ4n) is 3.39. The molecule has 0 aliphatic carbocycles. The van der Waals surface area contributed by atoms with Gasteiger partial charge in [-0.05, 0) is 34.0 Å². The number of halogens is 1. The van der Waals surface area contributed by atoms with Crippen LogP contribution < -0.4 is 10.6 Å². The summed E-state index contributed by atoms with van der Waals surface area (Å²) in [6.45, 7) is 4.49. The van der Waals surface area contributed by atoms with Crippen molar-refractivity contribution in [1.29, 1.82) is 0 Å². The molecule has 0 saturated carbocycles. The minimum atomic E-state index is -0.660. The van der Waals surface area contributed by atoms with Crippen LogP contribution in [0.15, 0.2) is 70.3 Å². The predicted octanol–water partition coefficient (Wildman–Crippen LogP) is 3.36. The highest BCUT2D eigenvalue weighted by molar-refractivity contribution is 9.10. The van der Waals surface area contributed by atoms with E-state index in [0.29, 0.717) is 18.1 Å². The van der Waals surface area contributed by atoms with Gasteiger partial charge in [-0.2, -0.15) is 4.68 Å². The number of rotatable bonds is 6. The summed E-state index contributed by atoms with van der Waals surface area (Å²) in [6, 6.07) is 15.7.